The molecule has 3 atom stereocenters. The van der Waals surface area contributed by atoms with E-state index in [9.17, 15) is 39.3 Å². The van der Waals surface area contributed by atoms with Gasteiger partial charge in [-0.15, -0.1) is 0 Å². The number of aromatic nitrogens is 1. The molecule has 1 spiro atoms. The number of methoxy groups -OCH3 is 1. The summed E-state index contributed by atoms with van der Waals surface area (Å²) < 4.78 is 4.98. The summed E-state index contributed by atoms with van der Waals surface area (Å²) in [5.41, 5.74) is -2.69. The number of benzene rings is 1. The van der Waals surface area contributed by atoms with Gasteiger partial charge in [0.1, 0.15) is 16.9 Å². The molecule has 0 saturated heterocycles. The number of aliphatic hydroxyl groups is 2. The number of hydrogen-bond acceptors (Lipinski definition) is 10. The summed E-state index contributed by atoms with van der Waals surface area (Å²) in [6.45, 7) is 2.16. The van der Waals surface area contributed by atoms with E-state index < -0.39 is 74.4 Å². The summed E-state index contributed by atoms with van der Waals surface area (Å²) in [6, 6.07) is 1.73. The van der Waals surface area contributed by atoms with Crippen molar-refractivity contribution in [2.75, 3.05) is 21.2 Å². The third kappa shape index (κ3) is 3.72. The lowest BCUT2D eigenvalue weighted by Gasteiger charge is -2.31. The Hall–Kier alpha value is -4.87. The Labute approximate surface area is 251 Å². The maximum absolute atomic E-state index is 14.4. The molecule has 11 heteroatoms. The number of aliphatic hydroxyl groups excluding tert-OH is 2. The number of aromatic amines is 1. The fraction of sp³-hybridized carbons (Fsp3) is 0.303. The van der Waals surface area contributed by atoms with Crippen LogP contribution < -0.4 is 5.56 Å². The van der Waals surface area contributed by atoms with Gasteiger partial charge >= 0.3 is 0 Å². The van der Waals surface area contributed by atoms with Crippen LogP contribution in [0.3, 0.4) is 0 Å². The van der Waals surface area contributed by atoms with Gasteiger partial charge in [0.15, 0.2) is 23.1 Å². The largest absolute Gasteiger partial charge is 0.507 e. The van der Waals surface area contributed by atoms with Crippen molar-refractivity contribution < 1.29 is 39.2 Å². The van der Waals surface area contributed by atoms with Crippen molar-refractivity contribution in [1.82, 2.24) is 9.88 Å². The molecule has 0 bridgehead atoms. The van der Waals surface area contributed by atoms with E-state index in [1.807, 2.05) is 32.0 Å². The number of carbonyl (C=O) groups excluding carboxylic acids is 4. The molecular formula is C33H30N2O9. The second-order valence-corrected chi connectivity index (χ2v) is 11.6. The molecule has 0 amide bonds. The van der Waals surface area contributed by atoms with Gasteiger partial charge in [-0.25, -0.2) is 0 Å². The molecule has 44 heavy (non-hydrogen) atoms. The first-order valence-electron chi connectivity index (χ1n) is 14.1. The highest BCUT2D eigenvalue weighted by Gasteiger charge is 2.65. The average molecular weight is 599 g/mol. The Bertz CT molecular complexity index is 1950. The molecule has 0 aliphatic heterocycles. The van der Waals surface area contributed by atoms with E-state index in [1.54, 1.807) is 24.3 Å². The molecule has 1 heterocycles. The number of pyridine rings is 1. The second kappa shape index (κ2) is 10.1. The van der Waals surface area contributed by atoms with Gasteiger partial charge in [0.25, 0.3) is 5.56 Å². The number of hydrogen-bond donors (Lipinski definition) is 4. The van der Waals surface area contributed by atoms with Gasteiger partial charge in [-0.05, 0) is 62.5 Å². The first kappa shape index (κ1) is 29.2. The number of carbonyl (C=O) groups is 4. The average Bonchev–Trinajstić information content (AvgIpc) is 3.48. The molecule has 4 N–H and O–H groups in total. The second-order valence-electron chi connectivity index (χ2n) is 11.6. The lowest BCUT2D eigenvalue weighted by molar-refractivity contribution is -0.129. The van der Waals surface area contributed by atoms with Crippen molar-refractivity contribution in [2.24, 2.45) is 5.92 Å². The van der Waals surface area contributed by atoms with Crippen LogP contribution in [0.25, 0.3) is 16.8 Å². The van der Waals surface area contributed by atoms with Gasteiger partial charge in [-0.2, -0.15) is 0 Å². The molecule has 2 aromatic rings. The number of phenolic OH excluding ortho intramolecular Hbond substituents is 1. The maximum atomic E-state index is 14.4. The summed E-state index contributed by atoms with van der Waals surface area (Å²) in [6.07, 6.45) is 6.07. The van der Waals surface area contributed by atoms with Crippen molar-refractivity contribution in [3.63, 3.8) is 0 Å². The van der Waals surface area contributed by atoms with E-state index in [1.165, 1.54) is 7.11 Å². The van der Waals surface area contributed by atoms with Crippen molar-refractivity contribution in [3.05, 3.63) is 91.3 Å². The normalized spacial score (nSPS) is 24.9. The number of rotatable bonds is 5. The first-order valence-corrected chi connectivity index (χ1v) is 14.1. The number of allylic oxidation sites excluding steroid dienone is 6. The van der Waals surface area contributed by atoms with Crippen LogP contribution in [0.4, 0.5) is 0 Å². The molecule has 11 nitrogen and oxygen atoms in total. The molecule has 226 valence electrons. The van der Waals surface area contributed by atoms with Crippen LogP contribution in [-0.2, 0) is 42.3 Å². The highest BCUT2D eigenvalue weighted by molar-refractivity contribution is 6.36. The minimum Gasteiger partial charge on any atom is -0.507 e. The Morgan fingerprint density at radius 2 is 1.82 bits per heavy atom. The molecular weight excluding hydrogens is 568 g/mol. The highest BCUT2D eigenvalue weighted by Crippen LogP contribution is 2.57. The quantitative estimate of drug-likeness (QED) is 0.294. The lowest BCUT2D eigenvalue weighted by atomic mass is 9.73. The number of ether oxygens (including phenoxy) is 1. The summed E-state index contributed by atoms with van der Waals surface area (Å²) in [7, 11) is 4.81. The van der Waals surface area contributed by atoms with Crippen LogP contribution in [-0.4, -0.2) is 75.6 Å². The Balaban J connectivity index is 1.60. The third-order valence-electron chi connectivity index (χ3n) is 8.95. The lowest BCUT2D eigenvalue weighted by Crippen LogP contribution is -2.43. The minimum absolute atomic E-state index is 0.0599. The zero-order valence-corrected chi connectivity index (χ0v) is 24.5. The Morgan fingerprint density at radius 3 is 2.48 bits per heavy atom. The number of phenols is 1. The summed E-state index contributed by atoms with van der Waals surface area (Å²) >= 11 is 0. The zero-order valence-electron chi connectivity index (χ0n) is 24.5. The monoisotopic (exact) mass is 598 g/mol. The minimum atomic E-state index is -2.08. The molecule has 4 aliphatic rings. The number of aromatic hydroxyl groups is 1. The standard InChI is InChI=1S/C33H30N2O9/c1-5-6-7-8-14-11-16-17(13-35(2)3)15-9-10-33(25(15)29(40)20(16)32(43)34-14)30(41)23-24(31(33)42)28(39)22-21(27(23)38)18(36)12-19(44-4)26(22)37/h5-8,11-12,22,28,38-40H,9-10,13H2,1-4H3,(H,34,43)/b6-5+,8-7+. The molecule has 0 saturated carbocycles. The fourth-order valence-electron chi connectivity index (χ4n) is 7.15. The van der Waals surface area contributed by atoms with E-state index in [-0.39, 0.29) is 29.6 Å². The molecule has 0 radical (unpaired) electrons. The topological polar surface area (TPSA) is 174 Å². The molecule has 4 aliphatic carbocycles. The molecule has 3 unspecified atom stereocenters. The van der Waals surface area contributed by atoms with Gasteiger partial charge in [-0.1, -0.05) is 18.2 Å². The van der Waals surface area contributed by atoms with Crippen molar-refractivity contribution in [2.45, 2.75) is 37.8 Å². The van der Waals surface area contributed by atoms with E-state index in [0.717, 1.165) is 6.08 Å². The van der Waals surface area contributed by atoms with Crippen LogP contribution in [0.1, 0.15) is 35.7 Å². The zero-order chi connectivity index (χ0) is 31.8. The van der Waals surface area contributed by atoms with E-state index in [0.29, 0.717) is 28.8 Å². The smallest absolute Gasteiger partial charge is 0.260 e. The predicted molar refractivity (Wildman–Crippen MR) is 159 cm³/mol. The molecule has 1 aromatic heterocycles. The predicted octanol–water partition coefficient (Wildman–Crippen LogP) is 2.00. The van der Waals surface area contributed by atoms with Crippen LogP contribution in [0.5, 0.6) is 5.75 Å². The van der Waals surface area contributed by atoms with Crippen LogP contribution >= 0.6 is 0 Å². The number of Topliss-reactive ketones (excluding diaryl/α,β-unsaturated/α-hetero) is 3. The van der Waals surface area contributed by atoms with Gasteiger partial charge < -0.3 is 29.9 Å². The number of H-pyrrole nitrogens is 1. The molecule has 1 aromatic carbocycles. The number of fused-ring (bicyclic) bond motifs is 4. The number of ketones is 4. The Kier molecular flexibility index (Phi) is 6.71. The van der Waals surface area contributed by atoms with Gasteiger partial charge in [0.2, 0.25) is 5.78 Å². The highest BCUT2D eigenvalue weighted by atomic mass is 16.5. The van der Waals surface area contributed by atoms with Crippen LogP contribution in [0.15, 0.2) is 63.4 Å². The summed E-state index contributed by atoms with van der Waals surface area (Å²) in [4.78, 5) is 72.8. The SMILES string of the molecule is C/C=C/C=C/c1cc2c(CN(C)C)c3c(c(O)c2c(=O)[nH]1)C1(CC3)C(=O)C2=C(C1=O)C(O)C1C(=O)C(OC)=CC(=O)C1=C2O. The van der Waals surface area contributed by atoms with Gasteiger partial charge in [0, 0.05) is 29.5 Å². The summed E-state index contributed by atoms with van der Waals surface area (Å²) in [5.74, 6) is -6.87. The fourth-order valence-corrected chi connectivity index (χ4v) is 7.15. The van der Waals surface area contributed by atoms with Crippen molar-refractivity contribution >= 4 is 40.0 Å². The number of nitrogens with one attached hydrogen (secondary N) is 1. The van der Waals surface area contributed by atoms with E-state index in [2.05, 4.69) is 4.98 Å². The van der Waals surface area contributed by atoms with Crippen LogP contribution in [0.2, 0.25) is 0 Å². The first-order chi connectivity index (χ1) is 20.9. The van der Waals surface area contributed by atoms with Gasteiger partial charge in [0.05, 0.1) is 35.7 Å². The summed E-state index contributed by atoms with van der Waals surface area (Å²) in [5, 5.41) is 34.7. The Morgan fingerprint density at radius 1 is 1.09 bits per heavy atom. The van der Waals surface area contributed by atoms with Crippen molar-refractivity contribution in [3.8, 4) is 5.75 Å². The van der Waals surface area contributed by atoms with Gasteiger partial charge in [-0.3, -0.25) is 24.0 Å². The third-order valence-corrected chi connectivity index (χ3v) is 8.95. The number of nitrogens with zero attached hydrogens (tertiary/aromatic N) is 1. The van der Waals surface area contributed by atoms with E-state index in [4.69, 9.17) is 4.74 Å². The van der Waals surface area contributed by atoms with Crippen molar-refractivity contribution in [1.29, 1.82) is 0 Å². The molecule has 0 fully saturated rings. The van der Waals surface area contributed by atoms with Crippen LogP contribution in [0, 0.1) is 5.92 Å². The maximum Gasteiger partial charge on any atom is 0.260 e. The van der Waals surface area contributed by atoms with E-state index >= 15 is 0 Å². The molecule has 6 rings (SSSR count).